The summed E-state index contributed by atoms with van der Waals surface area (Å²) in [5.74, 6) is -1.53. The number of aromatic carboxylic acids is 1. The number of carboxylic acid groups (broad SMARTS) is 1. The van der Waals surface area contributed by atoms with Crippen molar-refractivity contribution in [1.29, 1.82) is 0 Å². The van der Waals surface area contributed by atoms with Gasteiger partial charge in [-0.1, -0.05) is 19.4 Å². The van der Waals surface area contributed by atoms with Crippen LogP contribution in [-0.4, -0.2) is 49.7 Å². The van der Waals surface area contributed by atoms with Gasteiger partial charge in [-0.2, -0.15) is 0 Å². The van der Waals surface area contributed by atoms with Crippen LogP contribution in [-0.2, 0) is 13.0 Å². The molecule has 2 aromatic carbocycles. The normalized spacial score (nSPS) is 17.2. The monoisotopic (exact) mass is 658 g/mol. The lowest BCUT2D eigenvalue weighted by Crippen LogP contribution is -2.35. The molecule has 5 N–H and O–H groups in total. The van der Waals surface area contributed by atoms with Crippen LogP contribution in [0.2, 0.25) is 0 Å². The molecule has 1 aliphatic carbocycles. The Bertz CT molecular complexity index is 2000. The number of benzene rings is 2. The molecule has 2 unspecified atom stereocenters. The minimum absolute atomic E-state index is 0.0223. The number of pyridine rings is 1. The summed E-state index contributed by atoms with van der Waals surface area (Å²) in [6.45, 7) is 6.83. The number of H-pyrrole nitrogens is 1. The number of aromatic amines is 1. The summed E-state index contributed by atoms with van der Waals surface area (Å²) in [7, 11) is 0. The van der Waals surface area contributed by atoms with E-state index in [1.165, 1.54) is 28.0 Å². The molecular weight excluding hydrogens is 615 g/mol. The Morgan fingerprint density at radius 2 is 1.85 bits per heavy atom. The average molecular weight is 659 g/mol. The number of nitrogens with two attached hydrogens (primary N) is 1. The number of fused-ring (bicyclic) bond motifs is 1. The van der Waals surface area contributed by atoms with Crippen molar-refractivity contribution in [3.05, 3.63) is 102 Å². The van der Waals surface area contributed by atoms with Crippen LogP contribution in [0.5, 0.6) is 0 Å². The number of aromatic nitrogens is 3. The Kier molecular flexibility index (Phi) is 9.66. The topological polar surface area (TPSA) is 155 Å². The Hall–Kier alpha value is -4.55. The molecule has 254 valence electrons. The second-order valence-corrected chi connectivity index (χ2v) is 13.2. The second kappa shape index (κ2) is 13.9. The Balaban J connectivity index is 1.02. The van der Waals surface area contributed by atoms with Crippen molar-refractivity contribution < 1.29 is 14.3 Å². The molecule has 3 heterocycles. The van der Waals surface area contributed by atoms with E-state index in [-0.39, 0.29) is 28.5 Å². The molecule has 0 amide bonds. The molecule has 11 nitrogen and oxygen atoms in total. The molecule has 48 heavy (non-hydrogen) atoms. The Morgan fingerprint density at radius 1 is 1.08 bits per heavy atom. The number of unbranched alkanes of at least 4 members (excludes halogenated alkanes) is 2. The van der Waals surface area contributed by atoms with E-state index in [9.17, 15) is 24.3 Å². The summed E-state index contributed by atoms with van der Waals surface area (Å²) in [4.78, 5) is 55.0. The molecule has 1 saturated heterocycles. The number of aryl methyl sites for hydroxylation is 2. The van der Waals surface area contributed by atoms with Crippen LogP contribution < -0.4 is 27.7 Å². The standard InChI is InChI=1S/C36H43FN6O5/c1-3-22-15-24(8-7-21(22)2)39-31-18-32(44)42(36(48)40-31)13-6-4-5-12-41-14-11-23(19-41)33(38)26-17-30-27(16-29(26)37)34(45)28(35(46)47)20-43(30)25-9-10-25/h7-8,15-18,20,23,25,33,39H,3-6,9-14,19,38H2,1-2H3,(H,40,48)(H,46,47). The SMILES string of the molecule is CCc1cc(Nc2cc(=O)n(CCCCCN3CCC(C(N)c4cc5c(cc4F)c(=O)c(C(=O)O)cn5C4CC4)C3)c(=O)[nH]2)ccc1C. The predicted molar refractivity (Wildman–Crippen MR) is 184 cm³/mol. The summed E-state index contributed by atoms with van der Waals surface area (Å²) in [6.07, 6.45) is 7.21. The number of likely N-dealkylation sites (tertiary alicyclic amines) is 1. The van der Waals surface area contributed by atoms with Crippen LogP contribution in [0.15, 0.2) is 57.0 Å². The molecule has 2 atom stereocenters. The number of anilines is 2. The van der Waals surface area contributed by atoms with Crippen molar-refractivity contribution in [1.82, 2.24) is 19.0 Å². The zero-order valence-electron chi connectivity index (χ0n) is 27.4. The first-order chi connectivity index (χ1) is 23.0. The van der Waals surface area contributed by atoms with Crippen LogP contribution in [0.3, 0.4) is 0 Å². The maximum absolute atomic E-state index is 15.4. The lowest BCUT2D eigenvalue weighted by atomic mass is 9.91. The predicted octanol–water partition coefficient (Wildman–Crippen LogP) is 4.83. The van der Waals surface area contributed by atoms with E-state index in [1.54, 1.807) is 10.6 Å². The van der Waals surface area contributed by atoms with Gasteiger partial charge >= 0.3 is 11.7 Å². The van der Waals surface area contributed by atoms with Crippen LogP contribution in [0.4, 0.5) is 15.9 Å². The highest BCUT2D eigenvalue weighted by molar-refractivity contribution is 5.93. The maximum Gasteiger partial charge on any atom is 0.341 e. The molecule has 2 aliphatic rings. The smallest absolute Gasteiger partial charge is 0.341 e. The number of carbonyl (C=O) groups is 1. The molecule has 1 aliphatic heterocycles. The highest BCUT2D eigenvalue weighted by Gasteiger charge is 2.32. The third kappa shape index (κ3) is 7.00. The first-order valence-corrected chi connectivity index (χ1v) is 16.8. The second-order valence-electron chi connectivity index (χ2n) is 13.2. The third-order valence-electron chi connectivity index (χ3n) is 9.88. The van der Waals surface area contributed by atoms with Crippen molar-refractivity contribution in [2.75, 3.05) is 25.0 Å². The maximum atomic E-state index is 15.4. The average Bonchev–Trinajstić information content (AvgIpc) is 3.79. The minimum atomic E-state index is -1.32. The van der Waals surface area contributed by atoms with Gasteiger partial charge < -0.3 is 25.6 Å². The molecular formula is C36H43FN6O5. The van der Waals surface area contributed by atoms with Crippen LogP contribution >= 0.6 is 0 Å². The fraction of sp³-hybridized carbons (Fsp3) is 0.444. The van der Waals surface area contributed by atoms with E-state index >= 15 is 4.39 Å². The van der Waals surface area contributed by atoms with Gasteiger partial charge in [0.2, 0.25) is 5.43 Å². The van der Waals surface area contributed by atoms with Gasteiger partial charge in [0.1, 0.15) is 17.2 Å². The van der Waals surface area contributed by atoms with Crippen LogP contribution in [0.25, 0.3) is 10.9 Å². The summed E-state index contributed by atoms with van der Waals surface area (Å²) < 4.78 is 18.4. The largest absolute Gasteiger partial charge is 0.477 e. The number of hydrogen-bond donors (Lipinski definition) is 4. The molecule has 12 heteroatoms. The molecule has 1 saturated carbocycles. The quantitative estimate of drug-likeness (QED) is 0.149. The first-order valence-electron chi connectivity index (χ1n) is 16.8. The van der Waals surface area contributed by atoms with Crippen molar-refractivity contribution in [3.63, 3.8) is 0 Å². The molecule has 2 aromatic heterocycles. The summed E-state index contributed by atoms with van der Waals surface area (Å²) in [5.41, 5.74) is 8.87. The minimum Gasteiger partial charge on any atom is -0.477 e. The van der Waals surface area contributed by atoms with Crippen molar-refractivity contribution in [2.45, 2.75) is 77.4 Å². The molecule has 4 aromatic rings. The van der Waals surface area contributed by atoms with Crippen molar-refractivity contribution in [2.24, 2.45) is 11.7 Å². The van der Waals surface area contributed by atoms with E-state index in [0.29, 0.717) is 36.4 Å². The van der Waals surface area contributed by atoms with Crippen LogP contribution in [0.1, 0.15) is 84.6 Å². The van der Waals surface area contributed by atoms with Gasteiger partial charge in [-0.3, -0.25) is 19.1 Å². The van der Waals surface area contributed by atoms with E-state index < -0.39 is 28.9 Å². The Labute approximate surface area is 277 Å². The van der Waals surface area contributed by atoms with Gasteiger partial charge in [0.15, 0.2) is 0 Å². The van der Waals surface area contributed by atoms with E-state index in [1.807, 2.05) is 18.2 Å². The van der Waals surface area contributed by atoms with E-state index in [0.717, 1.165) is 63.4 Å². The number of hydrogen-bond acceptors (Lipinski definition) is 7. The van der Waals surface area contributed by atoms with E-state index in [4.69, 9.17) is 5.73 Å². The fourth-order valence-electron chi connectivity index (χ4n) is 6.93. The van der Waals surface area contributed by atoms with Crippen molar-refractivity contribution in [3.8, 4) is 0 Å². The van der Waals surface area contributed by atoms with Gasteiger partial charge in [-0.25, -0.2) is 14.0 Å². The lowest BCUT2D eigenvalue weighted by Gasteiger charge is -2.22. The molecule has 2 fully saturated rings. The highest BCUT2D eigenvalue weighted by atomic mass is 19.1. The third-order valence-corrected chi connectivity index (χ3v) is 9.88. The number of halogens is 1. The molecule has 0 spiro atoms. The number of rotatable bonds is 13. The molecule has 0 radical (unpaired) electrons. The Morgan fingerprint density at radius 3 is 2.56 bits per heavy atom. The highest BCUT2D eigenvalue weighted by Crippen LogP contribution is 2.38. The van der Waals surface area contributed by atoms with Crippen molar-refractivity contribution >= 4 is 28.4 Å². The fourth-order valence-corrected chi connectivity index (χ4v) is 6.93. The molecule has 6 rings (SSSR count). The summed E-state index contributed by atoms with van der Waals surface area (Å²) in [6, 6.07) is 9.67. The first kappa shape index (κ1) is 33.4. The number of nitrogens with zero attached hydrogens (tertiary/aromatic N) is 3. The van der Waals surface area contributed by atoms with Gasteiger partial charge in [0, 0.05) is 54.1 Å². The zero-order chi connectivity index (χ0) is 34.1. The number of carboxylic acids is 1. The zero-order valence-corrected chi connectivity index (χ0v) is 27.4. The summed E-state index contributed by atoms with van der Waals surface area (Å²) >= 11 is 0. The van der Waals surface area contributed by atoms with E-state index in [2.05, 4.69) is 29.0 Å². The van der Waals surface area contributed by atoms with Gasteiger partial charge in [0.05, 0.1) is 5.52 Å². The number of nitrogens with one attached hydrogen (secondary N) is 2. The van der Waals surface area contributed by atoms with Gasteiger partial charge in [-0.15, -0.1) is 0 Å². The van der Waals surface area contributed by atoms with Crippen LogP contribution in [0, 0.1) is 18.7 Å². The lowest BCUT2D eigenvalue weighted by molar-refractivity contribution is 0.0694. The van der Waals surface area contributed by atoms with Gasteiger partial charge in [0.25, 0.3) is 5.56 Å². The molecule has 0 bridgehead atoms. The van der Waals surface area contributed by atoms with Gasteiger partial charge in [-0.05, 0) is 99.8 Å². The summed E-state index contributed by atoms with van der Waals surface area (Å²) in [5, 5.41) is 12.7.